The van der Waals surface area contributed by atoms with E-state index in [0.717, 1.165) is 12.1 Å². The summed E-state index contributed by atoms with van der Waals surface area (Å²) < 4.78 is 4.87. The van der Waals surface area contributed by atoms with Gasteiger partial charge in [0.05, 0.1) is 28.4 Å². The largest absolute Gasteiger partial charge is 0.463 e. The van der Waals surface area contributed by atoms with Gasteiger partial charge in [0.2, 0.25) is 0 Å². The number of esters is 1. The van der Waals surface area contributed by atoms with Crippen LogP contribution in [-0.4, -0.2) is 21.9 Å². The number of non-ortho nitro benzene ring substituents is 1. The fourth-order valence-corrected chi connectivity index (χ4v) is 1.45. The van der Waals surface area contributed by atoms with E-state index in [1.54, 1.807) is 13.8 Å². The quantitative estimate of drug-likeness (QED) is 0.458. The maximum Gasteiger partial charge on any atom is 0.310 e. The van der Waals surface area contributed by atoms with Crippen molar-refractivity contribution < 1.29 is 19.4 Å². The zero-order valence-corrected chi connectivity index (χ0v) is 10.4. The Bertz CT molecular complexity index is 526. The first-order chi connectivity index (χ1) is 8.81. The second-order valence-corrected chi connectivity index (χ2v) is 4.04. The number of hydrogen-bond acceptors (Lipinski definition) is 6. The Morgan fingerprint density at radius 3 is 2.37 bits per heavy atom. The summed E-state index contributed by atoms with van der Waals surface area (Å²) in [5.74, 6) is -0.619. The highest BCUT2D eigenvalue weighted by Gasteiger charge is 2.21. The second-order valence-electron chi connectivity index (χ2n) is 4.04. The molecule has 0 unspecified atom stereocenters. The van der Waals surface area contributed by atoms with E-state index in [4.69, 9.17) is 4.74 Å². The SMILES string of the molecule is CC(C)OC(=O)Cc1ccc([N+](=O)[O-])cc1[N+](=O)[O-]. The number of carbonyl (C=O) groups excluding carboxylic acids is 1. The Labute approximate surface area is 108 Å². The summed E-state index contributed by atoms with van der Waals surface area (Å²) in [7, 11) is 0. The number of rotatable bonds is 5. The zero-order chi connectivity index (χ0) is 14.6. The Morgan fingerprint density at radius 2 is 1.89 bits per heavy atom. The molecule has 0 radical (unpaired) electrons. The standard InChI is InChI=1S/C11H12N2O6/c1-7(2)19-11(14)5-8-3-4-9(12(15)16)6-10(8)13(17)18/h3-4,6-7H,5H2,1-2H3. The molecule has 0 fully saturated rings. The lowest BCUT2D eigenvalue weighted by atomic mass is 10.1. The molecule has 8 nitrogen and oxygen atoms in total. The van der Waals surface area contributed by atoms with E-state index in [-0.39, 0.29) is 18.1 Å². The van der Waals surface area contributed by atoms with Crippen molar-refractivity contribution in [1.82, 2.24) is 0 Å². The van der Waals surface area contributed by atoms with Gasteiger partial charge in [0.25, 0.3) is 11.4 Å². The topological polar surface area (TPSA) is 113 Å². The van der Waals surface area contributed by atoms with E-state index in [1.807, 2.05) is 0 Å². The molecule has 0 aliphatic heterocycles. The van der Waals surface area contributed by atoms with Crippen molar-refractivity contribution in [3.8, 4) is 0 Å². The van der Waals surface area contributed by atoms with Gasteiger partial charge in [-0.1, -0.05) is 0 Å². The molecule has 0 atom stereocenters. The lowest BCUT2D eigenvalue weighted by molar-refractivity contribution is -0.394. The molecule has 0 bridgehead atoms. The highest BCUT2D eigenvalue weighted by molar-refractivity contribution is 5.74. The first kappa shape index (κ1) is 14.6. The van der Waals surface area contributed by atoms with Crippen molar-refractivity contribution in [2.24, 2.45) is 0 Å². The van der Waals surface area contributed by atoms with Crippen molar-refractivity contribution in [2.75, 3.05) is 0 Å². The van der Waals surface area contributed by atoms with Crippen molar-refractivity contribution in [1.29, 1.82) is 0 Å². The molecule has 0 aliphatic rings. The summed E-state index contributed by atoms with van der Waals surface area (Å²) in [5, 5.41) is 21.4. The summed E-state index contributed by atoms with van der Waals surface area (Å²) >= 11 is 0. The van der Waals surface area contributed by atoms with Crippen molar-refractivity contribution in [3.05, 3.63) is 44.0 Å². The Morgan fingerprint density at radius 1 is 1.26 bits per heavy atom. The lowest BCUT2D eigenvalue weighted by Crippen LogP contribution is -2.14. The van der Waals surface area contributed by atoms with Gasteiger partial charge in [0.1, 0.15) is 0 Å². The molecule has 0 N–H and O–H groups in total. The Hall–Kier alpha value is -2.51. The fourth-order valence-electron chi connectivity index (χ4n) is 1.45. The zero-order valence-electron chi connectivity index (χ0n) is 10.4. The number of benzene rings is 1. The second kappa shape index (κ2) is 5.89. The number of carbonyl (C=O) groups is 1. The molecule has 102 valence electrons. The van der Waals surface area contributed by atoms with Gasteiger partial charge < -0.3 is 4.74 Å². The molecule has 19 heavy (non-hydrogen) atoms. The van der Waals surface area contributed by atoms with Gasteiger partial charge in [-0.3, -0.25) is 25.0 Å². The van der Waals surface area contributed by atoms with Crippen LogP contribution in [0.3, 0.4) is 0 Å². The molecular weight excluding hydrogens is 256 g/mol. The number of nitro groups is 2. The number of ether oxygens (including phenoxy) is 1. The molecule has 0 saturated carbocycles. The minimum Gasteiger partial charge on any atom is -0.463 e. The number of nitro benzene ring substituents is 2. The minimum atomic E-state index is -0.759. The molecule has 0 saturated heterocycles. The van der Waals surface area contributed by atoms with Crippen LogP contribution >= 0.6 is 0 Å². The van der Waals surface area contributed by atoms with Gasteiger partial charge in [0, 0.05) is 11.6 Å². The van der Waals surface area contributed by atoms with Crippen LogP contribution in [-0.2, 0) is 16.0 Å². The predicted molar refractivity (Wildman–Crippen MR) is 64.7 cm³/mol. The van der Waals surface area contributed by atoms with Gasteiger partial charge in [-0.25, -0.2) is 0 Å². The van der Waals surface area contributed by atoms with Crippen LogP contribution in [0.15, 0.2) is 18.2 Å². The lowest BCUT2D eigenvalue weighted by Gasteiger charge is -2.07. The summed E-state index contributed by atoms with van der Waals surface area (Å²) in [6, 6.07) is 3.14. The average molecular weight is 268 g/mol. The third-order valence-corrected chi connectivity index (χ3v) is 2.18. The summed E-state index contributed by atoms with van der Waals surface area (Å²) in [4.78, 5) is 31.3. The number of hydrogen-bond donors (Lipinski definition) is 0. The predicted octanol–water partition coefficient (Wildman–Crippen LogP) is 2.00. The maximum absolute atomic E-state index is 11.4. The molecule has 0 aromatic heterocycles. The number of nitrogens with zero attached hydrogens (tertiary/aromatic N) is 2. The van der Waals surface area contributed by atoms with Crippen molar-refractivity contribution in [3.63, 3.8) is 0 Å². The highest BCUT2D eigenvalue weighted by atomic mass is 16.6. The van der Waals surface area contributed by atoms with Crippen LogP contribution in [0.1, 0.15) is 19.4 Å². The van der Waals surface area contributed by atoms with Crippen LogP contribution in [0, 0.1) is 20.2 Å². The molecule has 1 aromatic carbocycles. The smallest absolute Gasteiger partial charge is 0.310 e. The van der Waals surface area contributed by atoms with Gasteiger partial charge >= 0.3 is 5.97 Å². The van der Waals surface area contributed by atoms with Gasteiger partial charge in [0.15, 0.2) is 0 Å². The molecular formula is C11H12N2O6. The van der Waals surface area contributed by atoms with E-state index in [9.17, 15) is 25.0 Å². The molecule has 1 aromatic rings. The van der Waals surface area contributed by atoms with Crippen LogP contribution in [0.4, 0.5) is 11.4 Å². The van der Waals surface area contributed by atoms with Crippen molar-refractivity contribution in [2.45, 2.75) is 26.4 Å². The molecule has 0 amide bonds. The van der Waals surface area contributed by atoms with E-state index in [2.05, 4.69) is 0 Å². The van der Waals surface area contributed by atoms with Gasteiger partial charge in [-0.15, -0.1) is 0 Å². The van der Waals surface area contributed by atoms with Gasteiger partial charge in [-0.2, -0.15) is 0 Å². The molecule has 0 heterocycles. The third-order valence-electron chi connectivity index (χ3n) is 2.18. The Balaban J connectivity index is 3.04. The molecule has 0 aliphatic carbocycles. The van der Waals surface area contributed by atoms with E-state index >= 15 is 0 Å². The summed E-state index contributed by atoms with van der Waals surface area (Å²) in [6.07, 6.45) is -0.628. The van der Waals surface area contributed by atoms with E-state index in [1.165, 1.54) is 6.07 Å². The van der Waals surface area contributed by atoms with Gasteiger partial charge in [-0.05, 0) is 19.9 Å². The molecule has 0 spiro atoms. The van der Waals surface area contributed by atoms with E-state index < -0.39 is 27.2 Å². The minimum absolute atomic E-state index is 0.0845. The first-order valence-electron chi connectivity index (χ1n) is 5.42. The van der Waals surface area contributed by atoms with E-state index in [0.29, 0.717) is 0 Å². The summed E-state index contributed by atoms with van der Waals surface area (Å²) in [6.45, 7) is 3.31. The third kappa shape index (κ3) is 4.02. The van der Waals surface area contributed by atoms with Crippen LogP contribution in [0.25, 0.3) is 0 Å². The monoisotopic (exact) mass is 268 g/mol. The van der Waals surface area contributed by atoms with Crippen molar-refractivity contribution >= 4 is 17.3 Å². The fraction of sp³-hybridized carbons (Fsp3) is 0.364. The van der Waals surface area contributed by atoms with Crippen LogP contribution < -0.4 is 0 Å². The molecule has 1 rings (SSSR count). The summed E-state index contributed by atoms with van der Waals surface area (Å²) in [5.41, 5.74) is -0.774. The maximum atomic E-state index is 11.4. The molecule has 8 heteroatoms. The van der Waals surface area contributed by atoms with Crippen LogP contribution in [0.5, 0.6) is 0 Å². The Kier molecular flexibility index (Phi) is 4.51. The highest BCUT2D eigenvalue weighted by Crippen LogP contribution is 2.25. The normalized spacial score (nSPS) is 10.3. The average Bonchev–Trinajstić information content (AvgIpc) is 2.27. The first-order valence-corrected chi connectivity index (χ1v) is 5.42. The van der Waals surface area contributed by atoms with Crippen LogP contribution in [0.2, 0.25) is 0 Å².